The van der Waals surface area contributed by atoms with Crippen molar-refractivity contribution in [3.8, 4) is 5.75 Å². The predicted octanol–water partition coefficient (Wildman–Crippen LogP) is 2.91. The number of benzene rings is 1. The quantitative estimate of drug-likeness (QED) is 0.496. The molecule has 0 saturated heterocycles. The molecule has 19 heavy (non-hydrogen) atoms. The van der Waals surface area contributed by atoms with Gasteiger partial charge in [0, 0.05) is 23.1 Å². The molecule has 0 aliphatic heterocycles. The van der Waals surface area contributed by atoms with Crippen molar-refractivity contribution in [2.24, 2.45) is 4.99 Å². The van der Waals surface area contributed by atoms with Crippen molar-refractivity contribution in [3.63, 3.8) is 0 Å². The molecule has 0 aromatic heterocycles. The average molecular weight is 382 g/mol. The maximum atomic E-state index is 10.4. The van der Waals surface area contributed by atoms with E-state index in [-0.39, 0.29) is 16.7 Å². The fourth-order valence-electron chi connectivity index (χ4n) is 1.52. The minimum absolute atomic E-state index is 0.185. The van der Waals surface area contributed by atoms with Crippen molar-refractivity contribution < 1.29 is 30.9 Å². The molecule has 0 amide bonds. The van der Waals surface area contributed by atoms with Crippen LogP contribution < -0.4 is 0 Å². The third kappa shape index (κ3) is 5.21. The van der Waals surface area contributed by atoms with Crippen molar-refractivity contribution in [3.05, 3.63) is 39.4 Å². The van der Waals surface area contributed by atoms with Crippen LogP contribution in [0.5, 0.6) is 5.75 Å². The number of phenols is 1. The number of para-hydroxylation sites is 1. The molecule has 5 nitrogen and oxygen atoms in total. The fourth-order valence-corrected chi connectivity index (χ4v) is 1.52. The Labute approximate surface area is 129 Å². The monoisotopic (exact) mass is 380 g/mol. The Morgan fingerprint density at radius 1 is 1.58 bits per heavy atom. The molecule has 1 aromatic rings. The van der Waals surface area contributed by atoms with Gasteiger partial charge in [0.15, 0.2) is 0 Å². The van der Waals surface area contributed by atoms with E-state index < -0.39 is 26.9 Å². The number of hydrogen-bond acceptors (Lipinski definition) is 4. The SMILES string of the molecule is Cc1cccc(C=NC2CC2[N+](=O)[O-])c1O.[Cl][Zr][Cl]. The molecule has 1 aliphatic carbocycles. The molecule has 1 fully saturated rings. The van der Waals surface area contributed by atoms with E-state index in [2.05, 4.69) is 4.99 Å². The number of phenolic OH excluding ortho intramolecular Hbond substituents is 1. The number of aryl methyl sites for hydroxylation is 1. The Kier molecular flexibility index (Phi) is 6.97. The molecular weight excluding hydrogens is 370 g/mol. The molecule has 2 atom stereocenters. The van der Waals surface area contributed by atoms with E-state index in [4.69, 9.17) is 17.0 Å². The first-order chi connectivity index (χ1) is 9.01. The Bertz CT molecular complexity index is 485. The van der Waals surface area contributed by atoms with Gasteiger partial charge in [0.1, 0.15) is 11.8 Å². The second-order valence-electron chi connectivity index (χ2n) is 4.02. The molecule has 102 valence electrons. The first-order valence-electron chi connectivity index (χ1n) is 5.42. The van der Waals surface area contributed by atoms with E-state index in [0.717, 1.165) is 5.56 Å². The van der Waals surface area contributed by atoms with Crippen molar-refractivity contribution >= 4 is 23.2 Å². The van der Waals surface area contributed by atoms with Gasteiger partial charge in [0.05, 0.1) is 0 Å². The van der Waals surface area contributed by atoms with Gasteiger partial charge >= 0.3 is 37.9 Å². The van der Waals surface area contributed by atoms with Crippen molar-refractivity contribution in [1.82, 2.24) is 0 Å². The molecule has 0 spiro atoms. The minimum atomic E-state index is -0.826. The number of rotatable bonds is 3. The normalized spacial score (nSPS) is 20.6. The molecule has 8 heteroatoms. The standard InChI is InChI=1S/C11H12N2O3.2ClH.Zr/c1-7-3-2-4-8(11(7)14)6-12-9-5-10(9)13(15)16;;;/h2-4,6,9-10,14H,5H2,1H3;2*1H;/q;;;+2/p-2. The van der Waals surface area contributed by atoms with Crippen LogP contribution in [0.15, 0.2) is 23.2 Å². The van der Waals surface area contributed by atoms with Crippen LogP contribution >= 0.6 is 17.0 Å². The Morgan fingerprint density at radius 2 is 2.21 bits per heavy atom. The van der Waals surface area contributed by atoms with Crippen LogP contribution in [-0.4, -0.2) is 28.3 Å². The molecule has 1 saturated carbocycles. The summed E-state index contributed by atoms with van der Waals surface area (Å²) in [5.74, 6) is 0.185. The van der Waals surface area contributed by atoms with E-state index >= 15 is 0 Å². The van der Waals surface area contributed by atoms with Crippen LogP contribution in [0.1, 0.15) is 17.5 Å². The maximum absolute atomic E-state index is 10.4. The molecule has 0 radical (unpaired) electrons. The third-order valence-corrected chi connectivity index (χ3v) is 2.67. The van der Waals surface area contributed by atoms with Gasteiger partial charge in [0.25, 0.3) is 0 Å². The van der Waals surface area contributed by atoms with Crippen LogP contribution in [-0.2, 0) is 20.8 Å². The second-order valence-corrected chi connectivity index (χ2v) is 7.75. The van der Waals surface area contributed by atoms with Crippen LogP contribution in [0.25, 0.3) is 0 Å². The summed E-state index contributed by atoms with van der Waals surface area (Å²) in [4.78, 5) is 14.2. The zero-order valence-electron chi connectivity index (χ0n) is 10.1. The van der Waals surface area contributed by atoms with Gasteiger partial charge < -0.3 is 5.11 Å². The summed E-state index contributed by atoms with van der Waals surface area (Å²) in [5.41, 5.74) is 1.37. The summed E-state index contributed by atoms with van der Waals surface area (Å²) >= 11 is -0.826. The summed E-state index contributed by atoms with van der Waals surface area (Å²) in [7, 11) is 9.87. The summed E-state index contributed by atoms with van der Waals surface area (Å²) < 4.78 is 0. The van der Waals surface area contributed by atoms with Crippen LogP contribution in [0.3, 0.4) is 0 Å². The number of hydrogen-bond donors (Lipinski definition) is 1. The van der Waals surface area contributed by atoms with E-state index in [9.17, 15) is 15.2 Å². The number of halogens is 2. The van der Waals surface area contributed by atoms with Gasteiger partial charge in [-0.3, -0.25) is 15.1 Å². The summed E-state index contributed by atoms with van der Waals surface area (Å²) in [5, 5.41) is 20.1. The van der Waals surface area contributed by atoms with Gasteiger partial charge in [-0.15, -0.1) is 0 Å². The second kappa shape index (κ2) is 7.98. The number of nitro groups is 1. The van der Waals surface area contributed by atoms with Gasteiger partial charge in [0.2, 0.25) is 6.04 Å². The third-order valence-electron chi connectivity index (χ3n) is 2.67. The zero-order chi connectivity index (χ0) is 14.4. The van der Waals surface area contributed by atoms with Crippen LogP contribution in [0, 0.1) is 17.0 Å². The van der Waals surface area contributed by atoms with Gasteiger partial charge in [-0.2, -0.15) is 0 Å². The summed E-state index contributed by atoms with van der Waals surface area (Å²) in [6.45, 7) is 1.80. The van der Waals surface area contributed by atoms with Gasteiger partial charge in [-0.1, -0.05) is 12.1 Å². The molecule has 1 aliphatic rings. The molecule has 0 heterocycles. The van der Waals surface area contributed by atoms with E-state index in [1.807, 2.05) is 6.07 Å². The molecule has 2 rings (SSSR count). The Balaban J connectivity index is 0.000000550. The molecular formula is C11H12Cl2N2O3Zr. The Hall–Kier alpha value is -0.447. The molecule has 1 N–H and O–H groups in total. The van der Waals surface area contributed by atoms with Crippen LogP contribution in [0.2, 0.25) is 0 Å². The average Bonchev–Trinajstić information content (AvgIpc) is 3.12. The number of aliphatic imine (C=N–C) groups is 1. The van der Waals surface area contributed by atoms with Crippen molar-refractivity contribution in [2.45, 2.75) is 25.4 Å². The van der Waals surface area contributed by atoms with Gasteiger partial charge in [-0.05, 0) is 18.6 Å². The van der Waals surface area contributed by atoms with E-state index in [1.54, 1.807) is 19.1 Å². The molecule has 1 aromatic carbocycles. The molecule has 0 bridgehead atoms. The topological polar surface area (TPSA) is 75.7 Å². The predicted molar refractivity (Wildman–Crippen MR) is 71.3 cm³/mol. The summed E-state index contributed by atoms with van der Waals surface area (Å²) in [6, 6.07) is 4.57. The van der Waals surface area contributed by atoms with Crippen molar-refractivity contribution in [2.75, 3.05) is 0 Å². The van der Waals surface area contributed by atoms with Gasteiger partial charge in [-0.25, -0.2) is 0 Å². The summed E-state index contributed by atoms with van der Waals surface area (Å²) in [6.07, 6.45) is 2.01. The molecule has 2 unspecified atom stereocenters. The first kappa shape index (κ1) is 16.6. The van der Waals surface area contributed by atoms with Crippen LogP contribution in [0.4, 0.5) is 0 Å². The number of aromatic hydroxyl groups is 1. The zero-order valence-corrected chi connectivity index (χ0v) is 14.1. The Morgan fingerprint density at radius 3 is 2.74 bits per heavy atom. The fraction of sp³-hybridized carbons (Fsp3) is 0.364. The van der Waals surface area contributed by atoms with Crippen molar-refractivity contribution in [1.29, 1.82) is 0 Å². The number of nitrogens with zero attached hydrogens (tertiary/aromatic N) is 2. The first-order valence-corrected chi connectivity index (χ1v) is 11.8. The van der Waals surface area contributed by atoms with E-state index in [1.165, 1.54) is 6.21 Å². The van der Waals surface area contributed by atoms with E-state index in [0.29, 0.717) is 12.0 Å².